The second-order valence-corrected chi connectivity index (χ2v) is 13.1. The van der Waals surface area contributed by atoms with E-state index in [0.29, 0.717) is 0 Å². The van der Waals surface area contributed by atoms with Crippen molar-refractivity contribution in [1.82, 2.24) is 19.6 Å². The first kappa shape index (κ1) is 32.6. The van der Waals surface area contributed by atoms with Gasteiger partial charge in [-0.15, -0.1) is 6.58 Å². The lowest BCUT2D eigenvalue weighted by molar-refractivity contribution is -0.154. The third-order valence-corrected chi connectivity index (χ3v) is 7.67. The highest BCUT2D eigenvalue weighted by Crippen LogP contribution is 2.29. The fourth-order valence-electron chi connectivity index (χ4n) is 4.73. The number of ether oxygens (including phenoxy) is 3. The van der Waals surface area contributed by atoms with Gasteiger partial charge in [0, 0.05) is 25.4 Å². The normalized spacial score (nSPS) is 18.3. The molecule has 226 valence electrons. The zero-order chi connectivity index (χ0) is 30.4. The highest BCUT2D eigenvalue weighted by atomic mass is 79.9. The van der Waals surface area contributed by atoms with E-state index in [0.717, 1.165) is 28.7 Å². The number of pyridine rings is 1. The maximum atomic E-state index is 13.9. The number of fused-ring (bicyclic) bond motifs is 1. The van der Waals surface area contributed by atoms with Crippen LogP contribution in [0.5, 0.6) is 0 Å². The summed E-state index contributed by atoms with van der Waals surface area (Å²) >= 11 is 3.50. The number of alkyl carbamates (subject to hydrolysis) is 1. The number of esters is 1. The molecule has 1 N–H and O–H groups in total. The molecule has 0 unspecified atom stereocenters. The molecule has 0 radical (unpaired) electrons. The van der Waals surface area contributed by atoms with E-state index in [-0.39, 0.29) is 44.1 Å². The van der Waals surface area contributed by atoms with E-state index in [9.17, 15) is 14.4 Å². The van der Waals surface area contributed by atoms with Crippen LogP contribution in [0.25, 0.3) is 5.65 Å². The van der Waals surface area contributed by atoms with Crippen molar-refractivity contribution in [3.05, 3.63) is 47.3 Å². The van der Waals surface area contributed by atoms with Gasteiger partial charge >= 0.3 is 12.1 Å². The second-order valence-electron chi connectivity index (χ2n) is 12.3. The van der Waals surface area contributed by atoms with Crippen molar-refractivity contribution in [1.29, 1.82) is 0 Å². The number of carbonyl (C=O) groups is 3. The third kappa shape index (κ3) is 8.78. The van der Waals surface area contributed by atoms with E-state index in [1.54, 1.807) is 6.92 Å². The summed E-state index contributed by atoms with van der Waals surface area (Å²) in [7, 11) is 0. The average Bonchev–Trinajstić information content (AvgIpc) is 3.53. The molecule has 2 amide bonds. The molecule has 1 fully saturated rings. The van der Waals surface area contributed by atoms with Crippen molar-refractivity contribution in [2.75, 3.05) is 19.8 Å². The SMILES string of the molecule is C=CCCC(C)(C)COC(=O)N[C@H](C(=O)N1C[C@H](OCc2cn3cccc(Br)c3n2)C[C@H]1C(=O)OCC)C(C)(C)C. The van der Waals surface area contributed by atoms with Crippen LogP contribution < -0.4 is 5.32 Å². The standard InChI is InChI=1S/C30H43BrN4O6/c1-8-10-13-30(6,7)19-41-28(38)33-24(29(3,4)5)26(36)35-17-21(15-23(35)27(37)39-9-2)40-18-20-16-34-14-11-12-22(31)25(34)32-20/h8,11-12,14,16,21,23-24H,1,9-10,13,15,17-19H2,2-7H3,(H,33,38)/t21-,23+,24-/m1/s1. The average molecular weight is 636 g/mol. The van der Waals surface area contributed by atoms with Crippen LogP contribution in [0.2, 0.25) is 0 Å². The number of allylic oxidation sites excluding steroid dienone is 1. The zero-order valence-corrected chi connectivity index (χ0v) is 26.5. The van der Waals surface area contributed by atoms with Crippen molar-refractivity contribution in [2.45, 2.75) is 85.6 Å². The topological polar surface area (TPSA) is 111 Å². The summed E-state index contributed by atoms with van der Waals surface area (Å²) in [5.41, 5.74) is 0.602. The summed E-state index contributed by atoms with van der Waals surface area (Å²) in [6, 6.07) is 2.06. The fourth-order valence-corrected chi connectivity index (χ4v) is 5.17. The fraction of sp³-hybridized carbons (Fsp3) is 0.600. The Bertz CT molecular complexity index is 1240. The van der Waals surface area contributed by atoms with E-state index in [1.165, 1.54) is 4.90 Å². The summed E-state index contributed by atoms with van der Waals surface area (Å²) in [6.45, 7) is 15.8. The van der Waals surface area contributed by atoms with Crippen molar-refractivity contribution in [2.24, 2.45) is 10.8 Å². The summed E-state index contributed by atoms with van der Waals surface area (Å²) < 4.78 is 19.7. The number of amides is 2. The van der Waals surface area contributed by atoms with Crippen LogP contribution >= 0.6 is 15.9 Å². The van der Waals surface area contributed by atoms with E-state index in [1.807, 2.05) is 69.6 Å². The molecule has 0 spiro atoms. The molecule has 2 aromatic rings. The van der Waals surface area contributed by atoms with Gasteiger partial charge in [0.15, 0.2) is 5.65 Å². The molecule has 11 heteroatoms. The number of likely N-dealkylation sites (tertiary alicyclic amines) is 1. The summed E-state index contributed by atoms with van der Waals surface area (Å²) in [6.07, 6.45) is 6.42. The number of hydrogen-bond donors (Lipinski definition) is 1. The van der Waals surface area contributed by atoms with Crippen LogP contribution in [0, 0.1) is 10.8 Å². The third-order valence-electron chi connectivity index (χ3n) is 7.05. The van der Waals surface area contributed by atoms with Gasteiger partial charge in [0.1, 0.15) is 12.1 Å². The molecule has 2 aromatic heterocycles. The smallest absolute Gasteiger partial charge is 0.407 e. The first-order valence-electron chi connectivity index (χ1n) is 14.0. The first-order chi connectivity index (χ1) is 19.3. The van der Waals surface area contributed by atoms with Gasteiger partial charge in [-0.25, -0.2) is 14.6 Å². The van der Waals surface area contributed by atoms with Crippen LogP contribution in [0.3, 0.4) is 0 Å². The molecule has 0 bridgehead atoms. The van der Waals surface area contributed by atoms with Gasteiger partial charge in [0.05, 0.1) is 36.1 Å². The highest BCUT2D eigenvalue weighted by Gasteiger charge is 2.46. The number of halogens is 1. The maximum Gasteiger partial charge on any atom is 0.407 e. The number of hydrogen-bond acceptors (Lipinski definition) is 7. The van der Waals surface area contributed by atoms with Crippen LogP contribution in [0.4, 0.5) is 4.79 Å². The minimum absolute atomic E-state index is 0.178. The number of nitrogens with one attached hydrogen (secondary N) is 1. The molecule has 10 nitrogen and oxygen atoms in total. The molecule has 3 heterocycles. The minimum atomic E-state index is -0.933. The molecule has 1 saturated heterocycles. The molecule has 1 aliphatic heterocycles. The molecule has 3 atom stereocenters. The predicted molar refractivity (Wildman–Crippen MR) is 159 cm³/mol. The summed E-state index contributed by atoms with van der Waals surface area (Å²) in [5, 5.41) is 2.76. The molecule has 0 saturated carbocycles. The summed E-state index contributed by atoms with van der Waals surface area (Å²) in [4.78, 5) is 45.7. The Hall–Kier alpha value is -2.92. The van der Waals surface area contributed by atoms with Gasteiger partial charge in [0.25, 0.3) is 0 Å². The predicted octanol–water partition coefficient (Wildman–Crippen LogP) is 5.28. The molecule has 1 aliphatic rings. The lowest BCUT2D eigenvalue weighted by Gasteiger charge is -2.35. The number of carbonyl (C=O) groups excluding carboxylic acids is 3. The Balaban J connectivity index is 1.72. The van der Waals surface area contributed by atoms with Gasteiger partial charge in [-0.05, 0) is 58.7 Å². The monoisotopic (exact) mass is 634 g/mol. The van der Waals surface area contributed by atoms with Crippen molar-refractivity contribution < 1.29 is 28.6 Å². The van der Waals surface area contributed by atoms with Crippen molar-refractivity contribution in [3.63, 3.8) is 0 Å². The first-order valence-corrected chi connectivity index (χ1v) is 14.8. The Kier molecular flexibility index (Phi) is 11.0. The Morgan fingerprint density at radius 2 is 1.98 bits per heavy atom. The number of rotatable bonds is 12. The Labute approximate surface area is 250 Å². The Morgan fingerprint density at radius 3 is 2.61 bits per heavy atom. The van der Waals surface area contributed by atoms with Gasteiger partial charge < -0.3 is 28.8 Å². The number of nitrogens with zero attached hydrogens (tertiary/aromatic N) is 3. The lowest BCUT2D eigenvalue weighted by Crippen LogP contribution is -2.57. The number of aromatic nitrogens is 2. The van der Waals surface area contributed by atoms with E-state index in [4.69, 9.17) is 14.2 Å². The molecular formula is C30H43BrN4O6. The molecule has 41 heavy (non-hydrogen) atoms. The van der Waals surface area contributed by atoms with E-state index in [2.05, 4.69) is 32.8 Å². The van der Waals surface area contributed by atoms with Crippen LogP contribution in [-0.4, -0.2) is 70.2 Å². The van der Waals surface area contributed by atoms with E-state index >= 15 is 0 Å². The van der Waals surface area contributed by atoms with Crippen LogP contribution in [0.1, 0.15) is 66.5 Å². The Morgan fingerprint density at radius 1 is 1.24 bits per heavy atom. The van der Waals surface area contributed by atoms with Crippen molar-refractivity contribution in [3.8, 4) is 0 Å². The van der Waals surface area contributed by atoms with Gasteiger partial charge in [-0.1, -0.05) is 40.7 Å². The molecule has 0 aromatic carbocycles. The van der Waals surface area contributed by atoms with Crippen molar-refractivity contribution >= 4 is 39.5 Å². The largest absolute Gasteiger partial charge is 0.464 e. The quantitative estimate of drug-likeness (QED) is 0.250. The van der Waals surface area contributed by atoms with Gasteiger partial charge in [0.2, 0.25) is 5.91 Å². The van der Waals surface area contributed by atoms with E-state index < -0.39 is 35.7 Å². The zero-order valence-electron chi connectivity index (χ0n) is 24.9. The summed E-state index contributed by atoms with van der Waals surface area (Å²) in [5.74, 6) is -0.885. The van der Waals surface area contributed by atoms with Gasteiger partial charge in [-0.3, -0.25) is 4.79 Å². The minimum Gasteiger partial charge on any atom is -0.464 e. The number of imidazole rings is 1. The molecular weight excluding hydrogens is 592 g/mol. The van der Waals surface area contributed by atoms with Gasteiger partial charge in [-0.2, -0.15) is 0 Å². The van der Waals surface area contributed by atoms with Crippen LogP contribution in [-0.2, 0) is 30.4 Å². The lowest BCUT2D eigenvalue weighted by atomic mass is 9.85. The molecule has 3 rings (SSSR count). The maximum absolute atomic E-state index is 13.9. The molecule has 0 aliphatic carbocycles. The van der Waals surface area contributed by atoms with Crippen LogP contribution in [0.15, 0.2) is 41.7 Å². The second kappa shape index (κ2) is 13.8. The highest BCUT2D eigenvalue weighted by molar-refractivity contribution is 9.10.